The monoisotopic (exact) mass is 249 g/mol. The highest BCUT2D eigenvalue weighted by Crippen LogP contribution is 2.16. The van der Waals surface area contributed by atoms with E-state index in [9.17, 15) is 0 Å². The maximum atomic E-state index is 4.33. The SMILES string of the molecule is CNCc1cncnc1N(C)Cc1cscn1. The minimum atomic E-state index is 0.761. The van der Waals surface area contributed by atoms with Crippen molar-refractivity contribution in [3.8, 4) is 0 Å². The van der Waals surface area contributed by atoms with Crippen molar-refractivity contribution in [3.63, 3.8) is 0 Å². The fourth-order valence-electron chi connectivity index (χ4n) is 1.64. The van der Waals surface area contributed by atoms with Crippen LogP contribution in [0.2, 0.25) is 0 Å². The van der Waals surface area contributed by atoms with Crippen LogP contribution in [-0.2, 0) is 13.1 Å². The number of rotatable bonds is 5. The van der Waals surface area contributed by atoms with Crippen LogP contribution in [0.15, 0.2) is 23.4 Å². The van der Waals surface area contributed by atoms with Crippen molar-refractivity contribution in [2.24, 2.45) is 0 Å². The molecular weight excluding hydrogens is 234 g/mol. The van der Waals surface area contributed by atoms with E-state index in [-0.39, 0.29) is 0 Å². The molecule has 0 saturated heterocycles. The molecule has 1 N–H and O–H groups in total. The average Bonchev–Trinajstić information content (AvgIpc) is 2.83. The predicted molar refractivity (Wildman–Crippen MR) is 69.0 cm³/mol. The summed E-state index contributed by atoms with van der Waals surface area (Å²) in [5.41, 5.74) is 4.00. The van der Waals surface area contributed by atoms with E-state index in [1.54, 1.807) is 17.7 Å². The van der Waals surface area contributed by atoms with Crippen LogP contribution in [0.4, 0.5) is 5.82 Å². The zero-order valence-electron chi connectivity index (χ0n) is 9.92. The summed E-state index contributed by atoms with van der Waals surface area (Å²) in [6, 6.07) is 0. The van der Waals surface area contributed by atoms with Gasteiger partial charge < -0.3 is 10.2 Å². The lowest BCUT2D eigenvalue weighted by atomic mass is 10.3. The fraction of sp³-hybridized carbons (Fsp3) is 0.364. The van der Waals surface area contributed by atoms with E-state index in [4.69, 9.17) is 0 Å². The van der Waals surface area contributed by atoms with Gasteiger partial charge in [0.15, 0.2) is 0 Å². The third kappa shape index (κ3) is 2.98. The minimum absolute atomic E-state index is 0.761. The van der Waals surface area contributed by atoms with Crippen molar-refractivity contribution in [1.82, 2.24) is 20.3 Å². The van der Waals surface area contributed by atoms with Crippen molar-refractivity contribution in [2.75, 3.05) is 19.0 Å². The average molecular weight is 249 g/mol. The molecular formula is C11H15N5S. The standard InChI is InChI=1S/C11H15N5S/c1-12-3-9-4-13-7-14-11(9)16(2)5-10-6-17-8-15-10/h4,6-8,12H,3,5H2,1-2H3. The van der Waals surface area contributed by atoms with Crippen LogP contribution in [-0.4, -0.2) is 29.0 Å². The Hall–Kier alpha value is -1.53. The molecule has 0 spiro atoms. The van der Waals surface area contributed by atoms with Crippen LogP contribution in [0.25, 0.3) is 0 Å². The molecule has 0 unspecified atom stereocenters. The van der Waals surface area contributed by atoms with E-state index in [1.807, 2.05) is 25.8 Å². The molecule has 90 valence electrons. The van der Waals surface area contributed by atoms with Crippen LogP contribution in [0.5, 0.6) is 0 Å². The molecule has 2 aromatic rings. The lowest BCUT2D eigenvalue weighted by Crippen LogP contribution is -2.21. The van der Waals surface area contributed by atoms with Gasteiger partial charge in [-0.2, -0.15) is 0 Å². The normalized spacial score (nSPS) is 10.5. The van der Waals surface area contributed by atoms with Gasteiger partial charge in [-0.3, -0.25) is 0 Å². The molecule has 2 rings (SSSR count). The Morgan fingerprint density at radius 1 is 1.41 bits per heavy atom. The second-order valence-corrected chi connectivity index (χ2v) is 4.46. The molecule has 2 aromatic heterocycles. The molecule has 6 heteroatoms. The maximum Gasteiger partial charge on any atom is 0.136 e. The Kier molecular flexibility index (Phi) is 4.00. The summed E-state index contributed by atoms with van der Waals surface area (Å²) in [4.78, 5) is 14.7. The molecule has 0 fully saturated rings. The smallest absolute Gasteiger partial charge is 0.136 e. The summed E-state index contributed by atoms with van der Waals surface area (Å²) in [5, 5.41) is 5.17. The molecule has 0 amide bonds. The zero-order chi connectivity index (χ0) is 12.1. The number of nitrogens with one attached hydrogen (secondary N) is 1. The highest BCUT2D eigenvalue weighted by molar-refractivity contribution is 7.07. The fourth-order valence-corrected chi connectivity index (χ4v) is 2.19. The van der Waals surface area contributed by atoms with Gasteiger partial charge in [0.2, 0.25) is 0 Å². The minimum Gasteiger partial charge on any atom is -0.353 e. The van der Waals surface area contributed by atoms with Crippen LogP contribution >= 0.6 is 11.3 Å². The quantitative estimate of drug-likeness (QED) is 0.865. The van der Waals surface area contributed by atoms with Gasteiger partial charge in [-0.15, -0.1) is 11.3 Å². The molecule has 0 aliphatic heterocycles. The first-order valence-electron chi connectivity index (χ1n) is 5.33. The van der Waals surface area contributed by atoms with Crippen LogP contribution < -0.4 is 10.2 Å². The molecule has 2 heterocycles. The molecule has 0 saturated carbocycles. The molecule has 0 radical (unpaired) electrons. The molecule has 0 aromatic carbocycles. The van der Waals surface area contributed by atoms with Gasteiger partial charge in [-0.1, -0.05) is 0 Å². The Morgan fingerprint density at radius 2 is 2.29 bits per heavy atom. The Labute approximate surface area is 105 Å². The first kappa shape index (κ1) is 11.9. The summed E-state index contributed by atoms with van der Waals surface area (Å²) in [7, 11) is 3.93. The molecule has 0 atom stereocenters. The van der Waals surface area contributed by atoms with Gasteiger partial charge in [0, 0.05) is 30.7 Å². The van der Waals surface area contributed by atoms with E-state index < -0.39 is 0 Å². The lowest BCUT2D eigenvalue weighted by Gasteiger charge is -2.19. The Bertz CT molecular complexity index is 457. The first-order chi connectivity index (χ1) is 8.31. The number of thiazole rings is 1. The van der Waals surface area contributed by atoms with E-state index in [0.717, 1.165) is 30.2 Å². The molecule has 0 aliphatic carbocycles. The van der Waals surface area contributed by atoms with Gasteiger partial charge in [-0.25, -0.2) is 15.0 Å². The van der Waals surface area contributed by atoms with E-state index in [2.05, 4.69) is 30.5 Å². The van der Waals surface area contributed by atoms with Crippen molar-refractivity contribution < 1.29 is 0 Å². The number of aromatic nitrogens is 3. The highest BCUT2D eigenvalue weighted by Gasteiger charge is 2.09. The third-order valence-electron chi connectivity index (χ3n) is 2.38. The second-order valence-electron chi connectivity index (χ2n) is 3.74. The Morgan fingerprint density at radius 3 is 3.00 bits per heavy atom. The molecule has 17 heavy (non-hydrogen) atoms. The van der Waals surface area contributed by atoms with Gasteiger partial charge >= 0.3 is 0 Å². The van der Waals surface area contributed by atoms with Gasteiger partial charge in [-0.05, 0) is 7.05 Å². The molecule has 0 aliphatic rings. The van der Waals surface area contributed by atoms with Gasteiger partial charge in [0.25, 0.3) is 0 Å². The summed E-state index contributed by atoms with van der Waals surface area (Å²) in [6.45, 7) is 1.52. The first-order valence-corrected chi connectivity index (χ1v) is 6.27. The largest absolute Gasteiger partial charge is 0.353 e. The second kappa shape index (κ2) is 5.70. The predicted octanol–water partition coefficient (Wildman–Crippen LogP) is 1.29. The van der Waals surface area contributed by atoms with E-state index in [0.29, 0.717) is 0 Å². The molecule has 5 nitrogen and oxygen atoms in total. The lowest BCUT2D eigenvalue weighted by molar-refractivity contribution is 0.784. The summed E-state index contributed by atoms with van der Waals surface area (Å²) < 4.78 is 0. The van der Waals surface area contributed by atoms with Crippen molar-refractivity contribution in [2.45, 2.75) is 13.1 Å². The van der Waals surface area contributed by atoms with Crippen molar-refractivity contribution >= 4 is 17.2 Å². The number of nitrogens with zero attached hydrogens (tertiary/aromatic N) is 4. The van der Waals surface area contributed by atoms with Crippen LogP contribution in [0, 0.1) is 0 Å². The third-order valence-corrected chi connectivity index (χ3v) is 3.01. The Balaban J connectivity index is 2.15. The van der Waals surface area contributed by atoms with Crippen LogP contribution in [0.1, 0.15) is 11.3 Å². The molecule has 0 bridgehead atoms. The van der Waals surface area contributed by atoms with Gasteiger partial charge in [0.05, 0.1) is 17.7 Å². The van der Waals surface area contributed by atoms with E-state index >= 15 is 0 Å². The van der Waals surface area contributed by atoms with Crippen molar-refractivity contribution in [1.29, 1.82) is 0 Å². The summed E-state index contributed by atoms with van der Waals surface area (Å²) in [5.74, 6) is 0.947. The number of anilines is 1. The van der Waals surface area contributed by atoms with Crippen LogP contribution in [0.3, 0.4) is 0 Å². The van der Waals surface area contributed by atoms with E-state index in [1.165, 1.54) is 0 Å². The number of hydrogen-bond acceptors (Lipinski definition) is 6. The highest BCUT2D eigenvalue weighted by atomic mass is 32.1. The van der Waals surface area contributed by atoms with Gasteiger partial charge in [0.1, 0.15) is 12.1 Å². The summed E-state index contributed by atoms with van der Waals surface area (Å²) >= 11 is 1.61. The topological polar surface area (TPSA) is 53.9 Å². The summed E-state index contributed by atoms with van der Waals surface area (Å²) in [6.07, 6.45) is 3.42. The number of hydrogen-bond donors (Lipinski definition) is 1. The van der Waals surface area contributed by atoms with Crippen molar-refractivity contribution in [3.05, 3.63) is 34.7 Å². The maximum absolute atomic E-state index is 4.33. The zero-order valence-corrected chi connectivity index (χ0v) is 10.7.